The number of hydrogen-bond acceptors (Lipinski definition) is 7. The first-order valence-electron chi connectivity index (χ1n) is 11.9. The molecule has 2 aromatic rings. The van der Waals surface area contributed by atoms with Gasteiger partial charge in [0, 0.05) is 56.1 Å². The standard InChI is InChI=1S/C24H33N7O2/c1-18(32)30-24(7-3-2-4-8-24)14-23(33)31-11-5-6-19(16-31)12-20-13-21(28-17-27-20)29-22-15-25-9-10-26-22/h9-10,13,15,17,19H,2-8,11-12,14,16H2,1H3,(H,30,32)(H,26,27,28,29)/t19-/m1/s1. The van der Waals surface area contributed by atoms with Crippen LogP contribution in [0.4, 0.5) is 11.6 Å². The summed E-state index contributed by atoms with van der Waals surface area (Å²) in [5, 5.41) is 6.27. The fourth-order valence-corrected chi connectivity index (χ4v) is 5.18. The van der Waals surface area contributed by atoms with Gasteiger partial charge in [0.15, 0.2) is 0 Å². The van der Waals surface area contributed by atoms with Crippen LogP contribution in [0.25, 0.3) is 0 Å². The van der Waals surface area contributed by atoms with Gasteiger partial charge in [-0.15, -0.1) is 0 Å². The van der Waals surface area contributed by atoms with Crippen LogP contribution in [0.2, 0.25) is 0 Å². The third-order valence-electron chi connectivity index (χ3n) is 6.65. The Morgan fingerprint density at radius 2 is 1.94 bits per heavy atom. The Morgan fingerprint density at radius 3 is 2.70 bits per heavy atom. The molecule has 1 aliphatic carbocycles. The summed E-state index contributed by atoms with van der Waals surface area (Å²) >= 11 is 0. The van der Waals surface area contributed by atoms with Crippen molar-refractivity contribution in [3.63, 3.8) is 0 Å². The molecule has 0 bridgehead atoms. The zero-order valence-electron chi connectivity index (χ0n) is 19.3. The lowest BCUT2D eigenvalue weighted by molar-refractivity contribution is -0.135. The van der Waals surface area contributed by atoms with E-state index in [0.717, 1.165) is 63.7 Å². The van der Waals surface area contributed by atoms with Crippen LogP contribution in [0.3, 0.4) is 0 Å². The minimum absolute atomic E-state index is 0.0455. The summed E-state index contributed by atoms with van der Waals surface area (Å²) in [6.07, 6.45) is 14.8. The van der Waals surface area contributed by atoms with E-state index in [1.54, 1.807) is 31.8 Å². The zero-order chi connectivity index (χ0) is 23.1. The highest BCUT2D eigenvalue weighted by molar-refractivity contribution is 5.80. The molecule has 1 atom stereocenters. The second-order valence-electron chi connectivity index (χ2n) is 9.36. The molecule has 9 heteroatoms. The lowest BCUT2D eigenvalue weighted by Gasteiger charge is -2.40. The van der Waals surface area contributed by atoms with Crippen LogP contribution in [-0.2, 0) is 16.0 Å². The molecule has 2 fully saturated rings. The predicted molar refractivity (Wildman–Crippen MR) is 125 cm³/mol. The lowest BCUT2D eigenvalue weighted by atomic mass is 9.78. The minimum atomic E-state index is -0.373. The fourth-order valence-electron chi connectivity index (χ4n) is 5.18. The Balaban J connectivity index is 1.36. The highest BCUT2D eigenvalue weighted by atomic mass is 16.2. The summed E-state index contributed by atoms with van der Waals surface area (Å²) in [6, 6.07) is 1.93. The summed E-state index contributed by atoms with van der Waals surface area (Å²) < 4.78 is 0. The third-order valence-corrected chi connectivity index (χ3v) is 6.65. The van der Waals surface area contributed by atoms with E-state index in [1.165, 1.54) is 6.42 Å². The second-order valence-corrected chi connectivity index (χ2v) is 9.36. The van der Waals surface area contributed by atoms with Gasteiger partial charge < -0.3 is 15.5 Å². The molecule has 2 N–H and O–H groups in total. The Bertz CT molecular complexity index is 947. The molecule has 3 heterocycles. The summed E-state index contributed by atoms with van der Waals surface area (Å²) in [5.41, 5.74) is 0.569. The van der Waals surface area contributed by atoms with Crippen molar-refractivity contribution in [1.29, 1.82) is 0 Å². The Hall–Kier alpha value is -3.10. The van der Waals surface area contributed by atoms with Crippen molar-refractivity contribution >= 4 is 23.5 Å². The SMILES string of the molecule is CC(=O)NC1(CC(=O)N2CCC[C@H](Cc3cc(Nc4cnccn4)ncn3)C2)CCCCC1. The molecule has 1 aliphatic heterocycles. The van der Waals surface area contributed by atoms with Crippen LogP contribution in [0.1, 0.15) is 64.0 Å². The first-order chi connectivity index (χ1) is 16.0. The first kappa shape index (κ1) is 23.1. The highest BCUT2D eigenvalue weighted by Crippen LogP contribution is 2.32. The molecular weight excluding hydrogens is 418 g/mol. The average molecular weight is 452 g/mol. The first-order valence-corrected chi connectivity index (χ1v) is 11.9. The van der Waals surface area contributed by atoms with Gasteiger partial charge in [0.2, 0.25) is 11.8 Å². The van der Waals surface area contributed by atoms with Crippen molar-refractivity contribution in [1.82, 2.24) is 30.2 Å². The molecule has 33 heavy (non-hydrogen) atoms. The Morgan fingerprint density at radius 1 is 1.09 bits per heavy atom. The van der Waals surface area contributed by atoms with Crippen molar-refractivity contribution in [3.8, 4) is 0 Å². The van der Waals surface area contributed by atoms with Crippen molar-refractivity contribution in [2.24, 2.45) is 5.92 Å². The number of aromatic nitrogens is 4. The molecule has 9 nitrogen and oxygen atoms in total. The van der Waals surface area contributed by atoms with Crippen LogP contribution >= 0.6 is 0 Å². The monoisotopic (exact) mass is 451 g/mol. The minimum Gasteiger partial charge on any atom is -0.350 e. The molecule has 176 valence electrons. The summed E-state index contributed by atoms with van der Waals surface area (Å²) in [4.78, 5) is 44.0. The van der Waals surface area contributed by atoms with E-state index in [0.29, 0.717) is 24.0 Å². The molecule has 1 saturated heterocycles. The van der Waals surface area contributed by atoms with Gasteiger partial charge in [0.1, 0.15) is 18.0 Å². The topological polar surface area (TPSA) is 113 Å². The number of piperidine rings is 1. The van der Waals surface area contributed by atoms with Crippen LogP contribution in [0, 0.1) is 5.92 Å². The van der Waals surface area contributed by atoms with Crippen molar-refractivity contribution in [2.75, 3.05) is 18.4 Å². The van der Waals surface area contributed by atoms with Crippen molar-refractivity contribution in [2.45, 2.75) is 70.3 Å². The van der Waals surface area contributed by atoms with Crippen LogP contribution in [-0.4, -0.2) is 55.3 Å². The third kappa shape index (κ3) is 6.46. The Kier molecular flexibility index (Phi) is 7.47. The molecule has 0 radical (unpaired) electrons. The van der Waals surface area contributed by atoms with Crippen LogP contribution in [0.15, 0.2) is 31.0 Å². The molecule has 2 aromatic heterocycles. The maximum atomic E-state index is 13.2. The number of anilines is 2. The molecule has 0 unspecified atom stereocenters. The summed E-state index contributed by atoms with van der Waals surface area (Å²) in [6.45, 7) is 3.06. The Labute approximate surface area is 194 Å². The molecule has 0 aromatic carbocycles. The van der Waals surface area contributed by atoms with Gasteiger partial charge in [-0.05, 0) is 38.0 Å². The number of rotatable bonds is 7. The van der Waals surface area contributed by atoms with Gasteiger partial charge in [-0.3, -0.25) is 14.6 Å². The average Bonchev–Trinajstić information content (AvgIpc) is 2.80. The molecule has 0 spiro atoms. The molecule has 4 rings (SSSR count). The van der Waals surface area contributed by atoms with E-state index in [9.17, 15) is 9.59 Å². The van der Waals surface area contributed by atoms with Crippen molar-refractivity contribution in [3.05, 3.63) is 36.7 Å². The van der Waals surface area contributed by atoms with E-state index >= 15 is 0 Å². The molecular formula is C24H33N7O2. The quantitative estimate of drug-likeness (QED) is 0.665. The van der Waals surface area contributed by atoms with E-state index < -0.39 is 0 Å². The predicted octanol–water partition coefficient (Wildman–Crippen LogP) is 3.02. The molecule has 1 saturated carbocycles. The normalized spacial score (nSPS) is 20.2. The maximum absolute atomic E-state index is 13.2. The van der Waals surface area contributed by atoms with Gasteiger partial charge in [-0.25, -0.2) is 15.0 Å². The molecule has 2 aliphatic rings. The van der Waals surface area contributed by atoms with E-state index in [1.807, 2.05) is 11.0 Å². The van der Waals surface area contributed by atoms with Crippen LogP contribution in [0.5, 0.6) is 0 Å². The van der Waals surface area contributed by atoms with E-state index in [-0.39, 0.29) is 17.4 Å². The largest absolute Gasteiger partial charge is 0.350 e. The lowest BCUT2D eigenvalue weighted by Crippen LogP contribution is -2.53. The second kappa shape index (κ2) is 10.7. The van der Waals surface area contributed by atoms with E-state index in [2.05, 4.69) is 30.6 Å². The van der Waals surface area contributed by atoms with Gasteiger partial charge in [-0.1, -0.05) is 19.3 Å². The number of likely N-dealkylation sites (tertiary alicyclic amines) is 1. The maximum Gasteiger partial charge on any atom is 0.224 e. The summed E-state index contributed by atoms with van der Waals surface area (Å²) in [7, 11) is 0. The number of amides is 2. The van der Waals surface area contributed by atoms with E-state index in [4.69, 9.17) is 0 Å². The molecule has 2 amide bonds. The van der Waals surface area contributed by atoms with Gasteiger partial charge >= 0.3 is 0 Å². The summed E-state index contributed by atoms with van der Waals surface area (Å²) in [5.74, 6) is 1.77. The van der Waals surface area contributed by atoms with Gasteiger partial charge in [-0.2, -0.15) is 0 Å². The number of hydrogen-bond donors (Lipinski definition) is 2. The number of carbonyl (C=O) groups is 2. The van der Waals surface area contributed by atoms with Gasteiger partial charge in [0.25, 0.3) is 0 Å². The zero-order valence-corrected chi connectivity index (χ0v) is 19.3. The fraction of sp³-hybridized carbons (Fsp3) is 0.583. The smallest absolute Gasteiger partial charge is 0.224 e. The number of nitrogens with one attached hydrogen (secondary N) is 2. The van der Waals surface area contributed by atoms with Crippen molar-refractivity contribution < 1.29 is 9.59 Å². The van der Waals surface area contributed by atoms with Crippen LogP contribution < -0.4 is 10.6 Å². The number of carbonyl (C=O) groups excluding carboxylic acids is 2. The number of nitrogens with zero attached hydrogens (tertiary/aromatic N) is 5. The van der Waals surface area contributed by atoms with Gasteiger partial charge in [0.05, 0.1) is 6.20 Å². The highest BCUT2D eigenvalue weighted by Gasteiger charge is 2.37.